The number of ether oxygens (including phenoxy) is 1. The Morgan fingerprint density at radius 1 is 1.47 bits per heavy atom. The summed E-state index contributed by atoms with van der Waals surface area (Å²) in [5, 5.41) is 2.26. The van der Waals surface area contributed by atoms with Crippen molar-refractivity contribution in [3.8, 4) is 0 Å². The van der Waals surface area contributed by atoms with Crippen molar-refractivity contribution in [1.29, 1.82) is 0 Å². The number of amides is 1. The van der Waals surface area contributed by atoms with Gasteiger partial charge < -0.3 is 15.8 Å². The van der Waals surface area contributed by atoms with Gasteiger partial charge in [-0.15, -0.1) is 0 Å². The van der Waals surface area contributed by atoms with E-state index in [0.29, 0.717) is 19.4 Å². The standard InChI is InChI=1S/C12H15BrF2N2O2/c1-19-4-2-3-10(16)12(18)17-11-6-8(14)7(13)5-9(11)15/h5-6,10H,2-4,16H2,1H3,(H,17,18). The third-order valence-corrected chi connectivity index (χ3v) is 3.08. The minimum atomic E-state index is -0.791. The first-order chi connectivity index (χ1) is 8.95. The number of rotatable bonds is 6. The number of anilines is 1. The minimum Gasteiger partial charge on any atom is -0.385 e. The number of hydrogen-bond acceptors (Lipinski definition) is 3. The second-order valence-corrected chi connectivity index (χ2v) is 4.83. The Kier molecular flexibility index (Phi) is 6.33. The molecule has 1 rings (SSSR count). The molecule has 0 aromatic heterocycles. The van der Waals surface area contributed by atoms with Gasteiger partial charge in [-0.2, -0.15) is 0 Å². The highest BCUT2D eigenvalue weighted by atomic mass is 79.9. The summed E-state index contributed by atoms with van der Waals surface area (Å²) in [5.74, 6) is -1.95. The van der Waals surface area contributed by atoms with E-state index in [1.54, 1.807) is 7.11 Å². The van der Waals surface area contributed by atoms with Crippen LogP contribution in [0.3, 0.4) is 0 Å². The molecule has 0 aliphatic rings. The lowest BCUT2D eigenvalue weighted by Gasteiger charge is -2.13. The van der Waals surface area contributed by atoms with Crippen LogP contribution in [0.25, 0.3) is 0 Å². The monoisotopic (exact) mass is 336 g/mol. The summed E-state index contributed by atoms with van der Waals surface area (Å²) in [4.78, 5) is 11.7. The number of benzene rings is 1. The Hall–Kier alpha value is -1.05. The van der Waals surface area contributed by atoms with E-state index in [1.165, 1.54) is 0 Å². The molecule has 0 saturated carbocycles. The second-order valence-electron chi connectivity index (χ2n) is 3.98. The molecular weight excluding hydrogens is 322 g/mol. The molecule has 4 nitrogen and oxygen atoms in total. The molecule has 0 fully saturated rings. The number of halogens is 3. The quantitative estimate of drug-likeness (QED) is 0.619. The Labute approximate surface area is 118 Å². The lowest BCUT2D eigenvalue weighted by Crippen LogP contribution is -2.36. The second kappa shape index (κ2) is 7.52. The summed E-state index contributed by atoms with van der Waals surface area (Å²) in [5.41, 5.74) is 5.40. The number of nitrogens with one attached hydrogen (secondary N) is 1. The molecular formula is C12H15BrF2N2O2. The number of carbonyl (C=O) groups excluding carboxylic acids is 1. The van der Waals surface area contributed by atoms with E-state index in [0.717, 1.165) is 12.1 Å². The van der Waals surface area contributed by atoms with Crippen LogP contribution in [0.1, 0.15) is 12.8 Å². The molecule has 1 atom stereocenters. The smallest absolute Gasteiger partial charge is 0.241 e. The summed E-state index contributed by atoms with van der Waals surface area (Å²) in [6.07, 6.45) is 1.02. The van der Waals surface area contributed by atoms with Crippen molar-refractivity contribution in [3.63, 3.8) is 0 Å². The van der Waals surface area contributed by atoms with Crippen LogP contribution in [0.5, 0.6) is 0 Å². The SMILES string of the molecule is COCCCC(N)C(=O)Nc1cc(F)c(Br)cc1F. The zero-order chi connectivity index (χ0) is 14.4. The van der Waals surface area contributed by atoms with Crippen LogP contribution < -0.4 is 11.1 Å². The molecule has 19 heavy (non-hydrogen) atoms. The van der Waals surface area contributed by atoms with Crippen molar-refractivity contribution in [1.82, 2.24) is 0 Å². The Morgan fingerprint density at radius 3 is 2.79 bits per heavy atom. The van der Waals surface area contributed by atoms with Gasteiger partial charge in [-0.3, -0.25) is 4.79 Å². The first kappa shape index (κ1) is 16.0. The van der Waals surface area contributed by atoms with Gasteiger partial charge in [-0.1, -0.05) is 0 Å². The van der Waals surface area contributed by atoms with Crippen LogP contribution in [0.4, 0.5) is 14.5 Å². The molecule has 0 spiro atoms. The highest BCUT2D eigenvalue weighted by molar-refractivity contribution is 9.10. The van der Waals surface area contributed by atoms with Crippen molar-refractivity contribution in [2.45, 2.75) is 18.9 Å². The maximum atomic E-state index is 13.5. The Morgan fingerprint density at radius 2 is 2.16 bits per heavy atom. The predicted octanol–water partition coefficient (Wildman–Crippen LogP) is 2.42. The third kappa shape index (κ3) is 4.85. The van der Waals surface area contributed by atoms with E-state index >= 15 is 0 Å². The van der Waals surface area contributed by atoms with Gasteiger partial charge in [-0.25, -0.2) is 8.78 Å². The van der Waals surface area contributed by atoms with Crippen LogP contribution in [-0.2, 0) is 9.53 Å². The van der Waals surface area contributed by atoms with E-state index in [-0.39, 0.29) is 10.2 Å². The molecule has 0 bridgehead atoms. The fourth-order valence-electron chi connectivity index (χ4n) is 1.42. The lowest BCUT2D eigenvalue weighted by atomic mass is 10.1. The van der Waals surface area contributed by atoms with Gasteiger partial charge in [0.05, 0.1) is 16.2 Å². The zero-order valence-corrected chi connectivity index (χ0v) is 12.0. The van der Waals surface area contributed by atoms with Gasteiger partial charge >= 0.3 is 0 Å². The van der Waals surface area contributed by atoms with Crippen LogP contribution >= 0.6 is 15.9 Å². The summed E-state index contributed by atoms with van der Waals surface area (Å²) in [7, 11) is 1.55. The van der Waals surface area contributed by atoms with Crippen molar-refractivity contribution in [2.75, 3.05) is 19.0 Å². The molecule has 0 saturated heterocycles. The molecule has 0 aliphatic carbocycles. The summed E-state index contributed by atoms with van der Waals surface area (Å²) in [6.45, 7) is 0.488. The molecule has 0 heterocycles. The highest BCUT2D eigenvalue weighted by Crippen LogP contribution is 2.23. The van der Waals surface area contributed by atoms with Gasteiger partial charge in [0.15, 0.2) is 0 Å². The van der Waals surface area contributed by atoms with Gasteiger partial charge in [0, 0.05) is 19.8 Å². The molecule has 1 aromatic rings. The maximum absolute atomic E-state index is 13.5. The van der Waals surface area contributed by atoms with E-state index < -0.39 is 23.6 Å². The topological polar surface area (TPSA) is 64.3 Å². The molecule has 7 heteroatoms. The van der Waals surface area contributed by atoms with Gasteiger partial charge in [0.25, 0.3) is 0 Å². The van der Waals surface area contributed by atoms with Gasteiger partial charge in [-0.05, 0) is 34.8 Å². The van der Waals surface area contributed by atoms with E-state index in [4.69, 9.17) is 10.5 Å². The first-order valence-electron chi connectivity index (χ1n) is 5.65. The van der Waals surface area contributed by atoms with Crippen LogP contribution in [0.2, 0.25) is 0 Å². The number of methoxy groups -OCH3 is 1. The molecule has 0 aliphatic heterocycles. The van der Waals surface area contributed by atoms with E-state index in [1.807, 2.05) is 0 Å². The van der Waals surface area contributed by atoms with Crippen molar-refractivity contribution < 1.29 is 18.3 Å². The Bertz CT molecular complexity index is 458. The largest absolute Gasteiger partial charge is 0.385 e. The predicted molar refractivity (Wildman–Crippen MR) is 71.8 cm³/mol. The molecule has 3 N–H and O–H groups in total. The summed E-state index contributed by atoms with van der Waals surface area (Å²) >= 11 is 2.85. The average molecular weight is 337 g/mol. The van der Waals surface area contributed by atoms with Crippen LogP contribution in [-0.4, -0.2) is 25.7 Å². The number of nitrogens with two attached hydrogens (primary N) is 1. The highest BCUT2D eigenvalue weighted by Gasteiger charge is 2.16. The average Bonchev–Trinajstić information content (AvgIpc) is 2.36. The summed E-state index contributed by atoms with van der Waals surface area (Å²) in [6, 6.07) is 1.06. The maximum Gasteiger partial charge on any atom is 0.241 e. The lowest BCUT2D eigenvalue weighted by molar-refractivity contribution is -0.117. The van der Waals surface area contributed by atoms with E-state index in [9.17, 15) is 13.6 Å². The normalized spacial score (nSPS) is 12.3. The summed E-state index contributed by atoms with van der Waals surface area (Å²) < 4.78 is 31.6. The number of carbonyl (C=O) groups is 1. The third-order valence-electron chi connectivity index (χ3n) is 2.47. The molecule has 0 radical (unpaired) electrons. The van der Waals surface area contributed by atoms with Crippen molar-refractivity contribution in [2.24, 2.45) is 5.73 Å². The van der Waals surface area contributed by atoms with Gasteiger partial charge in [0.1, 0.15) is 11.6 Å². The van der Waals surface area contributed by atoms with Crippen molar-refractivity contribution >= 4 is 27.5 Å². The number of hydrogen-bond donors (Lipinski definition) is 2. The fraction of sp³-hybridized carbons (Fsp3) is 0.417. The molecule has 1 aromatic carbocycles. The molecule has 106 valence electrons. The zero-order valence-electron chi connectivity index (χ0n) is 10.4. The Balaban J connectivity index is 2.64. The van der Waals surface area contributed by atoms with Gasteiger partial charge in [0.2, 0.25) is 5.91 Å². The minimum absolute atomic E-state index is 0.00704. The molecule has 1 unspecified atom stereocenters. The van der Waals surface area contributed by atoms with Crippen LogP contribution in [0.15, 0.2) is 16.6 Å². The van der Waals surface area contributed by atoms with E-state index in [2.05, 4.69) is 21.2 Å². The van der Waals surface area contributed by atoms with Crippen LogP contribution in [0, 0.1) is 11.6 Å². The van der Waals surface area contributed by atoms with Crippen molar-refractivity contribution in [3.05, 3.63) is 28.2 Å². The fourth-order valence-corrected chi connectivity index (χ4v) is 1.74. The molecule has 1 amide bonds. The first-order valence-corrected chi connectivity index (χ1v) is 6.45.